The van der Waals surface area contributed by atoms with Crippen molar-refractivity contribution in [2.75, 3.05) is 7.05 Å². The standard InChI is InChI=1S/C20H23ClN2O2/c1-15(20(25)22-2)23(14-17-9-6-10-18(21)13-17)19(24)12-11-16-7-4-3-5-8-16/h3-10,13,15H,11-12,14H2,1-2H3,(H,22,25)/t15-/m0/s1. The summed E-state index contributed by atoms with van der Waals surface area (Å²) < 4.78 is 0. The normalized spacial score (nSPS) is 11.6. The van der Waals surface area contributed by atoms with E-state index in [-0.39, 0.29) is 11.8 Å². The molecule has 0 saturated carbocycles. The van der Waals surface area contributed by atoms with E-state index in [0.717, 1.165) is 11.1 Å². The van der Waals surface area contributed by atoms with Crippen molar-refractivity contribution in [3.05, 3.63) is 70.7 Å². The monoisotopic (exact) mass is 358 g/mol. The van der Waals surface area contributed by atoms with Gasteiger partial charge in [0.2, 0.25) is 11.8 Å². The van der Waals surface area contributed by atoms with Crippen molar-refractivity contribution in [1.82, 2.24) is 10.2 Å². The molecule has 0 fully saturated rings. The number of carbonyl (C=O) groups is 2. The van der Waals surface area contributed by atoms with Crippen LogP contribution in [0.5, 0.6) is 0 Å². The van der Waals surface area contributed by atoms with Crippen molar-refractivity contribution in [3.63, 3.8) is 0 Å². The SMILES string of the molecule is CNC(=O)[C@H](C)N(Cc1cccc(Cl)c1)C(=O)CCc1ccccc1. The Labute approximate surface area is 153 Å². The molecule has 0 spiro atoms. The molecule has 0 aliphatic rings. The van der Waals surface area contributed by atoms with Crippen LogP contribution in [0.4, 0.5) is 0 Å². The van der Waals surface area contributed by atoms with Gasteiger partial charge < -0.3 is 10.2 Å². The predicted molar refractivity (Wildman–Crippen MR) is 100 cm³/mol. The maximum absolute atomic E-state index is 12.8. The van der Waals surface area contributed by atoms with E-state index in [9.17, 15) is 9.59 Å². The van der Waals surface area contributed by atoms with Crippen LogP contribution in [0, 0.1) is 0 Å². The number of nitrogens with one attached hydrogen (secondary N) is 1. The van der Waals surface area contributed by atoms with Gasteiger partial charge in [-0.25, -0.2) is 0 Å². The van der Waals surface area contributed by atoms with Crippen LogP contribution < -0.4 is 5.32 Å². The van der Waals surface area contributed by atoms with E-state index < -0.39 is 6.04 Å². The summed E-state index contributed by atoms with van der Waals surface area (Å²) in [5.41, 5.74) is 2.00. The maximum atomic E-state index is 12.8. The van der Waals surface area contributed by atoms with Crippen LogP contribution in [0.1, 0.15) is 24.5 Å². The molecular formula is C20H23ClN2O2. The molecule has 0 unspecified atom stereocenters. The molecule has 2 rings (SSSR count). The number of nitrogens with zero attached hydrogens (tertiary/aromatic N) is 1. The highest BCUT2D eigenvalue weighted by Gasteiger charge is 2.25. The molecule has 25 heavy (non-hydrogen) atoms. The number of aryl methyl sites for hydroxylation is 1. The molecule has 0 aliphatic heterocycles. The fraction of sp³-hybridized carbons (Fsp3) is 0.300. The minimum Gasteiger partial charge on any atom is -0.357 e. The maximum Gasteiger partial charge on any atom is 0.242 e. The summed E-state index contributed by atoms with van der Waals surface area (Å²) >= 11 is 6.04. The lowest BCUT2D eigenvalue weighted by molar-refractivity contribution is -0.140. The van der Waals surface area contributed by atoms with Gasteiger partial charge in [0.1, 0.15) is 6.04 Å². The molecule has 0 aliphatic carbocycles. The third-order valence-electron chi connectivity index (χ3n) is 4.13. The van der Waals surface area contributed by atoms with Gasteiger partial charge in [-0.1, -0.05) is 54.1 Å². The Hall–Kier alpha value is -2.33. The Bertz CT molecular complexity index is 719. The van der Waals surface area contributed by atoms with E-state index in [2.05, 4.69) is 5.32 Å². The highest BCUT2D eigenvalue weighted by Crippen LogP contribution is 2.16. The summed E-state index contributed by atoms with van der Waals surface area (Å²) in [7, 11) is 1.57. The van der Waals surface area contributed by atoms with Crippen molar-refractivity contribution in [2.24, 2.45) is 0 Å². The topological polar surface area (TPSA) is 49.4 Å². The van der Waals surface area contributed by atoms with Gasteiger partial charge in [0.25, 0.3) is 0 Å². The first-order valence-corrected chi connectivity index (χ1v) is 8.68. The zero-order valence-electron chi connectivity index (χ0n) is 14.5. The number of hydrogen-bond donors (Lipinski definition) is 1. The predicted octanol–water partition coefficient (Wildman–Crippen LogP) is 3.44. The molecule has 0 aromatic heterocycles. The van der Waals surface area contributed by atoms with Gasteiger partial charge >= 0.3 is 0 Å². The first kappa shape index (κ1) is 19.0. The van der Waals surface area contributed by atoms with E-state index >= 15 is 0 Å². The van der Waals surface area contributed by atoms with Gasteiger partial charge in [0.05, 0.1) is 0 Å². The molecule has 2 amide bonds. The molecule has 1 atom stereocenters. The first-order valence-electron chi connectivity index (χ1n) is 8.30. The fourth-order valence-electron chi connectivity index (χ4n) is 2.66. The van der Waals surface area contributed by atoms with Crippen molar-refractivity contribution < 1.29 is 9.59 Å². The minimum absolute atomic E-state index is 0.0556. The van der Waals surface area contributed by atoms with Gasteiger partial charge in [0.15, 0.2) is 0 Å². The summed E-state index contributed by atoms with van der Waals surface area (Å²) in [5.74, 6) is -0.241. The van der Waals surface area contributed by atoms with Crippen LogP contribution in [-0.4, -0.2) is 29.8 Å². The molecule has 0 radical (unpaired) electrons. The van der Waals surface area contributed by atoms with E-state index in [4.69, 9.17) is 11.6 Å². The number of rotatable bonds is 7. The molecule has 4 nitrogen and oxygen atoms in total. The smallest absolute Gasteiger partial charge is 0.242 e. The lowest BCUT2D eigenvalue weighted by Gasteiger charge is -2.28. The van der Waals surface area contributed by atoms with Crippen LogP contribution in [0.2, 0.25) is 5.02 Å². The van der Waals surface area contributed by atoms with Gasteiger partial charge in [-0.05, 0) is 36.6 Å². The molecule has 2 aromatic rings. The van der Waals surface area contributed by atoms with Gasteiger partial charge in [-0.15, -0.1) is 0 Å². The average molecular weight is 359 g/mol. The molecule has 0 bridgehead atoms. The number of likely N-dealkylation sites (N-methyl/N-ethyl adjacent to an activating group) is 1. The lowest BCUT2D eigenvalue weighted by Crippen LogP contribution is -2.46. The van der Waals surface area contributed by atoms with Gasteiger partial charge in [-0.3, -0.25) is 9.59 Å². The molecular weight excluding hydrogens is 336 g/mol. The number of halogens is 1. The van der Waals surface area contributed by atoms with Crippen LogP contribution in [0.15, 0.2) is 54.6 Å². The van der Waals surface area contributed by atoms with E-state index in [1.165, 1.54) is 0 Å². The zero-order chi connectivity index (χ0) is 18.2. The summed E-state index contributed by atoms with van der Waals surface area (Å²) in [6.07, 6.45) is 0.998. The third-order valence-corrected chi connectivity index (χ3v) is 4.36. The molecule has 5 heteroatoms. The van der Waals surface area contributed by atoms with E-state index in [0.29, 0.717) is 24.4 Å². The average Bonchev–Trinajstić information content (AvgIpc) is 2.64. The molecule has 0 saturated heterocycles. The second kappa shape index (κ2) is 9.23. The summed E-state index contributed by atoms with van der Waals surface area (Å²) in [6, 6.07) is 16.7. The van der Waals surface area contributed by atoms with Crippen molar-refractivity contribution in [1.29, 1.82) is 0 Å². The van der Waals surface area contributed by atoms with Crippen LogP contribution >= 0.6 is 11.6 Å². The summed E-state index contributed by atoms with van der Waals surface area (Å²) in [5, 5.41) is 3.22. The quantitative estimate of drug-likeness (QED) is 0.824. The minimum atomic E-state index is -0.549. The van der Waals surface area contributed by atoms with Crippen molar-refractivity contribution in [2.45, 2.75) is 32.4 Å². The Kier molecular flexibility index (Phi) is 7.02. The van der Waals surface area contributed by atoms with Crippen molar-refractivity contribution >= 4 is 23.4 Å². The second-order valence-electron chi connectivity index (χ2n) is 5.93. The number of carbonyl (C=O) groups excluding carboxylic acids is 2. The van der Waals surface area contributed by atoms with E-state index in [1.54, 1.807) is 24.9 Å². The Morgan fingerprint density at radius 3 is 2.40 bits per heavy atom. The Balaban J connectivity index is 2.12. The van der Waals surface area contributed by atoms with Crippen LogP contribution in [0.3, 0.4) is 0 Å². The van der Waals surface area contributed by atoms with Gasteiger partial charge in [0, 0.05) is 25.0 Å². The number of amides is 2. The third kappa shape index (κ3) is 5.61. The first-order chi connectivity index (χ1) is 12.0. The highest BCUT2D eigenvalue weighted by atomic mass is 35.5. The second-order valence-corrected chi connectivity index (χ2v) is 6.36. The summed E-state index contributed by atoms with van der Waals surface area (Å²) in [4.78, 5) is 26.4. The largest absolute Gasteiger partial charge is 0.357 e. The molecule has 0 heterocycles. The van der Waals surface area contributed by atoms with Gasteiger partial charge in [-0.2, -0.15) is 0 Å². The Morgan fingerprint density at radius 1 is 1.08 bits per heavy atom. The fourth-order valence-corrected chi connectivity index (χ4v) is 2.88. The Morgan fingerprint density at radius 2 is 1.76 bits per heavy atom. The number of hydrogen-bond acceptors (Lipinski definition) is 2. The van der Waals surface area contributed by atoms with Crippen LogP contribution in [-0.2, 0) is 22.6 Å². The lowest BCUT2D eigenvalue weighted by atomic mass is 10.1. The highest BCUT2D eigenvalue weighted by molar-refractivity contribution is 6.30. The summed E-state index contributed by atoms with van der Waals surface area (Å²) in [6.45, 7) is 2.09. The van der Waals surface area contributed by atoms with E-state index in [1.807, 2.05) is 48.5 Å². The van der Waals surface area contributed by atoms with Crippen LogP contribution in [0.25, 0.3) is 0 Å². The zero-order valence-corrected chi connectivity index (χ0v) is 15.3. The molecule has 1 N–H and O–H groups in total. The van der Waals surface area contributed by atoms with Crippen molar-refractivity contribution in [3.8, 4) is 0 Å². The molecule has 2 aromatic carbocycles. The molecule has 132 valence electrons. The number of benzene rings is 2.